The van der Waals surface area contributed by atoms with Gasteiger partial charge in [-0.15, -0.1) is 24.0 Å². The molecule has 0 spiro atoms. The summed E-state index contributed by atoms with van der Waals surface area (Å²) in [5.41, 5.74) is 5.49. The molecule has 2 unspecified atom stereocenters. The maximum Gasteiger partial charge on any atom is 0.221 e. The molecule has 0 aromatic carbocycles. The summed E-state index contributed by atoms with van der Waals surface area (Å²) in [6.07, 6.45) is 4.17. The first-order valence-corrected chi connectivity index (χ1v) is 11.8. The number of aliphatic imine (C=N–C) groups is 1. The van der Waals surface area contributed by atoms with Gasteiger partial charge in [-0.25, -0.2) is 0 Å². The number of carbonyl (C=O) groups is 1. The average Bonchev–Trinajstić information content (AvgIpc) is 2.74. The van der Waals surface area contributed by atoms with Gasteiger partial charge in [0.25, 0.3) is 0 Å². The van der Waals surface area contributed by atoms with Crippen molar-refractivity contribution in [2.75, 3.05) is 65.6 Å². The second kappa shape index (κ2) is 16.0. The number of likely N-dealkylation sites (tertiary alicyclic amines) is 1. The summed E-state index contributed by atoms with van der Waals surface area (Å²) in [6, 6.07) is 0.462. The van der Waals surface area contributed by atoms with Crippen molar-refractivity contribution in [3.8, 4) is 0 Å². The van der Waals surface area contributed by atoms with Crippen molar-refractivity contribution >= 4 is 35.8 Å². The highest BCUT2D eigenvalue weighted by molar-refractivity contribution is 14.0. The first-order chi connectivity index (χ1) is 14.5. The van der Waals surface area contributed by atoms with E-state index in [0.717, 1.165) is 97.2 Å². The fourth-order valence-electron chi connectivity index (χ4n) is 4.36. The quantitative estimate of drug-likeness (QED) is 0.156. The molecule has 2 saturated heterocycles. The molecule has 182 valence electrons. The molecule has 0 bridgehead atoms. The molecular formula is C22H45IN6O2. The van der Waals surface area contributed by atoms with Crippen LogP contribution >= 0.6 is 24.0 Å². The molecule has 2 fully saturated rings. The summed E-state index contributed by atoms with van der Waals surface area (Å²) < 4.78 is 5.52. The number of carbonyl (C=O) groups excluding carboxylic acids is 1. The Kier molecular flexibility index (Phi) is 14.7. The molecule has 2 aliphatic heterocycles. The summed E-state index contributed by atoms with van der Waals surface area (Å²) in [7, 11) is 0. The molecule has 9 heteroatoms. The van der Waals surface area contributed by atoms with Gasteiger partial charge in [0.2, 0.25) is 5.91 Å². The number of guanidine groups is 1. The molecular weight excluding hydrogens is 507 g/mol. The number of amides is 1. The summed E-state index contributed by atoms with van der Waals surface area (Å²) >= 11 is 0. The molecule has 2 aliphatic rings. The number of hydrogen-bond donors (Lipinski definition) is 3. The van der Waals surface area contributed by atoms with Gasteiger partial charge < -0.3 is 26.0 Å². The zero-order valence-corrected chi connectivity index (χ0v) is 22.1. The Morgan fingerprint density at radius 3 is 2.61 bits per heavy atom. The predicted octanol–water partition coefficient (Wildman–Crippen LogP) is 1.49. The first kappa shape index (κ1) is 28.4. The fraction of sp³-hybridized carbons (Fsp3) is 0.909. The number of piperidine rings is 1. The van der Waals surface area contributed by atoms with Gasteiger partial charge in [0.05, 0.1) is 25.7 Å². The smallest absolute Gasteiger partial charge is 0.221 e. The minimum Gasteiger partial charge on any atom is -0.379 e. The van der Waals surface area contributed by atoms with Gasteiger partial charge in [0, 0.05) is 38.8 Å². The fourth-order valence-corrected chi connectivity index (χ4v) is 4.36. The number of halogens is 1. The van der Waals surface area contributed by atoms with Crippen LogP contribution in [-0.4, -0.2) is 93.3 Å². The molecule has 0 radical (unpaired) electrons. The maximum atomic E-state index is 11.4. The zero-order valence-electron chi connectivity index (χ0n) is 19.8. The second-order valence-electron chi connectivity index (χ2n) is 8.97. The van der Waals surface area contributed by atoms with E-state index in [1.807, 2.05) is 0 Å². The van der Waals surface area contributed by atoms with E-state index in [9.17, 15) is 4.79 Å². The van der Waals surface area contributed by atoms with Crippen LogP contribution in [0, 0.1) is 11.8 Å². The Morgan fingerprint density at radius 2 is 1.97 bits per heavy atom. The lowest BCUT2D eigenvalue weighted by Gasteiger charge is -2.34. The van der Waals surface area contributed by atoms with E-state index in [1.54, 1.807) is 0 Å². The Hall–Kier alpha value is -0.650. The molecule has 0 saturated carbocycles. The molecule has 0 aromatic rings. The van der Waals surface area contributed by atoms with E-state index < -0.39 is 0 Å². The third kappa shape index (κ3) is 11.2. The monoisotopic (exact) mass is 552 g/mol. The Labute approximate surface area is 206 Å². The Bertz CT molecular complexity index is 528. The number of rotatable bonds is 11. The van der Waals surface area contributed by atoms with Crippen LogP contribution < -0.4 is 16.4 Å². The third-order valence-electron chi connectivity index (χ3n) is 5.96. The van der Waals surface area contributed by atoms with Crippen LogP contribution in [0.2, 0.25) is 0 Å². The van der Waals surface area contributed by atoms with E-state index >= 15 is 0 Å². The van der Waals surface area contributed by atoms with Crippen molar-refractivity contribution in [3.63, 3.8) is 0 Å². The number of nitrogens with one attached hydrogen (secondary N) is 2. The lowest BCUT2D eigenvalue weighted by molar-refractivity contribution is -0.123. The summed E-state index contributed by atoms with van der Waals surface area (Å²) in [5, 5.41) is 6.86. The van der Waals surface area contributed by atoms with Crippen molar-refractivity contribution in [2.24, 2.45) is 22.6 Å². The van der Waals surface area contributed by atoms with Gasteiger partial charge >= 0.3 is 0 Å². The van der Waals surface area contributed by atoms with Crippen molar-refractivity contribution in [1.82, 2.24) is 20.4 Å². The maximum absolute atomic E-state index is 11.4. The molecule has 2 heterocycles. The SMILES string of the molecule is CCNC(=NCC(CC(C)C)N1CCOCC1)NCCCN1CCCC(C(N)=O)C1.I. The normalized spacial score (nSPS) is 22.1. The largest absolute Gasteiger partial charge is 0.379 e. The molecule has 2 atom stereocenters. The summed E-state index contributed by atoms with van der Waals surface area (Å²) in [5.74, 6) is 1.41. The van der Waals surface area contributed by atoms with Crippen LogP contribution in [0.4, 0.5) is 0 Å². The van der Waals surface area contributed by atoms with Crippen LogP contribution in [0.25, 0.3) is 0 Å². The van der Waals surface area contributed by atoms with E-state index in [-0.39, 0.29) is 35.8 Å². The molecule has 8 nitrogen and oxygen atoms in total. The predicted molar refractivity (Wildman–Crippen MR) is 138 cm³/mol. The first-order valence-electron chi connectivity index (χ1n) is 11.8. The van der Waals surface area contributed by atoms with Crippen molar-refractivity contribution < 1.29 is 9.53 Å². The standard InChI is InChI=1S/C22H44N6O2.HI/c1-4-24-22(25-8-6-10-27-9-5-7-19(17-27)21(23)29)26-16-20(15-18(2)3)28-11-13-30-14-12-28;/h18-20H,4-17H2,1-3H3,(H2,23,29)(H2,24,25,26);1H. The van der Waals surface area contributed by atoms with E-state index in [0.29, 0.717) is 12.0 Å². The van der Waals surface area contributed by atoms with Gasteiger partial charge in [0.15, 0.2) is 5.96 Å². The van der Waals surface area contributed by atoms with E-state index in [2.05, 4.69) is 41.2 Å². The Balaban J connectivity index is 0.00000480. The number of morpholine rings is 1. The van der Waals surface area contributed by atoms with Crippen LogP contribution in [0.1, 0.15) is 46.5 Å². The lowest BCUT2D eigenvalue weighted by atomic mass is 9.97. The topological polar surface area (TPSA) is 95.2 Å². The van der Waals surface area contributed by atoms with Crippen LogP contribution in [0.15, 0.2) is 4.99 Å². The number of ether oxygens (including phenoxy) is 1. The average molecular weight is 553 g/mol. The summed E-state index contributed by atoms with van der Waals surface area (Å²) in [6.45, 7) is 15.7. The van der Waals surface area contributed by atoms with Crippen molar-refractivity contribution in [3.05, 3.63) is 0 Å². The minimum atomic E-state index is -0.157. The minimum absolute atomic E-state index is 0. The van der Waals surface area contributed by atoms with Gasteiger partial charge in [0.1, 0.15) is 0 Å². The van der Waals surface area contributed by atoms with Gasteiger partial charge in [-0.3, -0.25) is 14.7 Å². The van der Waals surface area contributed by atoms with Crippen LogP contribution in [0.5, 0.6) is 0 Å². The highest BCUT2D eigenvalue weighted by Crippen LogP contribution is 2.16. The van der Waals surface area contributed by atoms with Crippen LogP contribution in [0.3, 0.4) is 0 Å². The number of nitrogens with two attached hydrogens (primary N) is 1. The molecule has 4 N–H and O–H groups in total. The van der Waals surface area contributed by atoms with Gasteiger partial charge in [-0.05, 0) is 51.6 Å². The molecule has 0 aliphatic carbocycles. The highest BCUT2D eigenvalue weighted by atomic mass is 127. The van der Waals surface area contributed by atoms with Crippen LogP contribution in [-0.2, 0) is 9.53 Å². The van der Waals surface area contributed by atoms with Crippen molar-refractivity contribution in [1.29, 1.82) is 0 Å². The molecule has 31 heavy (non-hydrogen) atoms. The third-order valence-corrected chi connectivity index (χ3v) is 5.96. The van der Waals surface area contributed by atoms with Gasteiger partial charge in [-0.2, -0.15) is 0 Å². The molecule has 2 rings (SSSR count). The Morgan fingerprint density at radius 1 is 1.23 bits per heavy atom. The number of nitrogens with zero attached hydrogens (tertiary/aromatic N) is 3. The van der Waals surface area contributed by atoms with Gasteiger partial charge in [-0.1, -0.05) is 13.8 Å². The second-order valence-corrected chi connectivity index (χ2v) is 8.97. The van der Waals surface area contributed by atoms with Crippen molar-refractivity contribution in [2.45, 2.75) is 52.5 Å². The molecule has 0 aromatic heterocycles. The lowest BCUT2D eigenvalue weighted by Crippen LogP contribution is -2.46. The molecule has 1 amide bonds. The number of hydrogen-bond acceptors (Lipinski definition) is 5. The summed E-state index contributed by atoms with van der Waals surface area (Å²) in [4.78, 5) is 21.2. The zero-order chi connectivity index (χ0) is 21.8. The van der Waals surface area contributed by atoms with E-state index in [1.165, 1.54) is 0 Å². The number of primary amides is 1. The van der Waals surface area contributed by atoms with E-state index in [4.69, 9.17) is 15.5 Å². The highest BCUT2D eigenvalue weighted by Gasteiger charge is 2.24.